The zero-order valence-electron chi connectivity index (χ0n) is 14.7. The van der Waals surface area contributed by atoms with Gasteiger partial charge < -0.3 is 15.3 Å². The van der Waals surface area contributed by atoms with E-state index in [1.807, 2.05) is 0 Å². The van der Waals surface area contributed by atoms with Crippen molar-refractivity contribution in [3.8, 4) is 5.75 Å². The molecule has 0 aromatic heterocycles. The summed E-state index contributed by atoms with van der Waals surface area (Å²) in [6, 6.07) is 13.1. The summed E-state index contributed by atoms with van der Waals surface area (Å²) in [5.74, 6) is -1.79. The van der Waals surface area contributed by atoms with E-state index in [4.69, 9.17) is 0 Å². The molecule has 0 bridgehead atoms. The maximum Gasteiger partial charge on any atom is 0.255 e. The van der Waals surface area contributed by atoms with E-state index in [1.165, 1.54) is 12.1 Å². The maximum absolute atomic E-state index is 12.7. The van der Waals surface area contributed by atoms with Gasteiger partial charge in [-0.15, -0.1) is 0 Å². The van der Waals surface area contributed by atoms with Crippen LogP contribution in [-0.4, -0.2) is 47.9 Å². The van der Waals surface area contributed by atoms with Gasteiger partial charge in [-0.2, -0.15) is 0 Å². The molecule has 8 heteroatoms. The number of rotatable bonds is 4. The molecule has 1 aliphatic heterocycles. The summed E-state index contributed by atoms with van der Waals surface area (Å²) in [7, 11) is -3.54. The molecule has 27 heavy (non-hydrogen) atoms. The summed E-state index contributed by atoms with van der Waals surface area (Å²) in [4.78, 5) is 26.5. The number of hydrogen-bond donors (Lipinski definition) is 2. The Morgan fingerprint density at radius 3 is 2.37 bits per heavy atom. The zero-order chi connectivity index (χ0) is 19.6. The van der Waals surface area contributed by atoms with Crippen LogP contribution in [0.15, 0.2) is 54.6 Å². The fourth-order valence-corrected chi connectivity index (χ4v) is 4.64. The van der Waals surface area contributed by atoms with Crippen LogP contribution in [0.4, 0.5) is 0 Å². The molecule has 2 atom stereocenters. The minimum Gasteiger partial charge on any atom is -0.508 e. The van der Waals surface area contributed by atoms with Crippen molar-refractivity contribution in [3.05, 3.63) is 65.7 Å². The van der Waals surface area contributed by atoms with Crippen molar-refractivity contribution in [2.24, 2.45) is 0 Å². The molecule has 1 saturated heterocycles. The van der Waals surface area contributed by atoms with Crippen LogP contribution in [0.1, 0.15) is 28.9 Å². The molecule has 1 unspecified atom stereocenters. The lowest BCUT2D eigenvalue weighted by atomic mass is 10.1. The van der Waals surface area contributed by atoms with Gasteiger partial charge >= 0.3 is 0 Å². The first kappa shape index (κ1) is 18.9. The van der Waals surface area contributed by atoms with Crippen molar-refractivity contribution >= 4 is 21.7 Å². The number of carbonyl (C=O) groups is 2. The second-order valence-electron chi connectivity index (χ2n) is 6.52. The molecule has 3 rings (SSSR count). The minimum absolute atomic E-state index is 0.110. The monoisotopic (exact) mass is 388 g/mol. The fourth-order valence-electron chi connectivity index (χ4n) is 3.00. The van der Waals surface area contributed by atoms with Crippen LogP contribution in [0.2, 0.25) is 0 Å². The van der Waals surface area contributed by atoms with Crippen LogP contribution in [0.5, 0.6) is 5.75 Å². The normalized spacial score (nSPS) is 19.4. The van der Waals surface area contributed by atoms with Gasteiger partial charge in [-0.25, -0.2) is 8.42 Å². The highest BCUT2D eigenvalue weighted by atomic mass is 32.2. The fraction of sp³-hybridized carbons (Fsp3) is 0.263. The van der Waals surface area contributed by atoms with E-state index in [9.17, 15) is 23.1 Å². The Kier molecular flexibility index (Phi) is 5.18. The molecule has 142 valence electrons. The SMILES string of the molecule is CC(NC(=O)[C@@H]1CS(=O)(=O)CN1C(=O)c1ccccc1)c1ccc(O)cc1. The first-order valence-corrected chi connectivity index (χ1v) is 10.2. The molecule has 1 aliphatic rings. The summed E-state index contributed by atoms with van der Waals surface area (Å²) in [6.45, 7) is 1.75. The van der Waals surface area contributed by atoms with Crippen molar-refractivity contribution in [1.29, 1.82) is 0 Å². The second-order valence-corrected chi connectivity index (χ2v) is 8.60. The van der Waals surface area contributed by atoms with Crippen LogP contribution in [-0.2, 0) is 14.6 Å². The van der Waals surface area contributed by atoms with Crippen LogP contribution in [0.3, 0.4) is 0 Å². The number of phenols is 1. The van der Waals surface area contributed by atoms with Crippen LogP contribution in [0, 0.1) is 0 Å². The Labute approximate surface area is 157 Å². The molecule has 1 heterocycles. The third-order valence-electron chi connectivity index (χ3n) is 4.46. The number of nitrogens with one attached hydrogen (secondary N) is 1. The van der Waals surface area contributed by atoms with Crippen molar-refractivity contribution < 1.29 is 23.1 Å². The number of nitrogens with zero attached hydrogens (tertiary/aromatic N) is 1. The van der Waals surface area contributed by atoms with Gasteiger partial charge in [-0.1, -0.05) is 30.3 Å². The van der Waals surface area contributed by atoms with E-state index in [2.05, 4.69) is 5.32 Å². The van der Waals surface area contributed by atoms with Gasteiger partial charge in [-0.05, 0) is 36.8 Å². The smallest absolute Gasteiger partial charge is 0.255 e. The molecule has 7 nitrogen and oxygen atoms in total. The lowest BCUT2D eigenvalue weighted by Gasteiger charge is -2.24. The second kappa shape index (κ2) is 7.40. The topological polar surface area (TPSA) is 104 Å². The van der Waals surface area contributed by atoms with E-state index in [0.717, 1.165) is 10.5 Å². The summed E-state index contributed by atoms with van der Waals surface area (Å²) >= 11 is 0. The highest BCUT2D eigenvalue weighted by Gasteiger charge is 2.43. The summed E-state index contributed by atoms with van der Waals surface area (Å²) in [6.07, 6.45) is 0. The molecule has 2 aromatic rings. The first-order valence-electron chi connectivity index (χ1n) is 8.42. The first-order chi connectivity index (χ1) is 12.8. The van der Waals surface area contributed by atoms with Gasteiger partial charge in [0.05, 0.1) is 11.8 Å². The van der Waals surface area contributed by atoms with Crippen LogP contribution < -0.4 is 5.32 Å². The van der Waals surface area contributed by atoms with Crippen LogP contribution in [0.25, 0.3) is 0 Å². The Morgan fingerprint density at radius 2 is 1.74 bits per heavy atom. The molecule has 1 fully saturated rings. The summed E-state index contributed by atoms with van der Waals surface area (Å²) in [5, 5.41) is 12.1. The number of benzene rings is 2. The quantitative estimate of drug-likeness (QED) is 0.825. The molecular formula is C19H20N2O5S. The number of carbonyl (C=O) groups excluding carboxylic acids is 2. The van der Waals surface area contributed by atoms with Crippen molar-refractivity contribution in [1.82, 2.24) is 10.2 Å². The lowest BCUT2D eigenvalue weighted by molar-refractivity contribution is -0.125. The number of hydrogen-bond acceptors (Lipinski definition) is 5. The van der Waals surface area contributed by atoms with Gasteiger partial charge in [0.1, 0.15) is 17.7 Å². The summed E-state index contributed by atoms with van der Waals surface area (Å²) < 4.78 is 24.2. The van der Waals surface area contributed by atoms with E-state index >= 15 is 0 Å². The highest BCUT2D eigenvalue weighted by Crippen LogP contribution is 2.21. The standard InChI is InChI=1S/C19H20N2O5S/c1-13(14-7-9-16(22)10-8-14)20-18(23)17-11-27(25,26)12-21(17)19(24)15-5-3-2-4-6-15/h2-10,13,17,22H,11-12H2,1H3,(H,20,23)/t13?,17-/m0/s1. The molecule has 2 amide bonds. The highest BCUT2D eigenvalue weighted by molar-refractivity contribution is 7.91. The Hall–Kier alpha value is -2.87. The predicted octanol–water partition coefficient (Wildman–Crippen LogP) is 1.47. The average molecular weight is 388 g/mol. The van der Waals surface area contributed by atoms with Crippen LogP contribution >= 0.6 is 0 Å². The van der Waals surface area contributed by atoms with E-state index in [-0.39, 0.29) is 5.75 Å². The Balaban J connectivity index is 1.78. The van der Waals surface area contributed by atoms with Gasteiger partial charge in [0.25, 0.3) is 5.91 Å². The van der Waals surface area contributed by atoms with E-state index in [1.54, 1.807) is 49.4 Å². The van der Waals surface area contributed by atoms with Gasteiger partial charge in [0.15, 0.2) is 9.84 Å². The molecule has 0 spiro atoms. The van der Waals surface area contributed by atoms with Gasteiger partial charge in [0, 0.05) is 5.56 Å². The van der Waals surface area contributed by atoms with Crippen molar-refractivity contribution in [2.45, 2.75) is 19.0 Å². The minimum atomic E-state index is -3.54. The third-order valence-corrected chi connectivity index (χ3v) is 5.96. The lowest BCUT2D eigenvalue weighted by Crippen LogP contribution is -2.47. The Morgan fingerprint density at radius 1 is 1.11 bits per heavy atom. The largest absolute Gasteiger partial charge is 0.508 e. The van der Waals surface area contributed by atoms with Crippen molar-refractivity contribution in [2.75, 3.05) is 11.6 Å². The van der Waals surface area contributed by atoms with Crippen molar-refractivity contribution in [3.63, 3.8) is 0 Å². The molecular weight excluding hydrogens is 368 g/mol. The number of sulfone groups is 1. The van der Waals surface area contributed by atoms with Gasteiger partial charge in [-0.3, -0.25) is 9.59 Å². The maximum atomic E-state index is 12.7. The average Bonchev–Trinajstić information content (AvgIpc) is 2.98. The van der Waals surface area contributed by atoms with E-state index < -0.39 is 45.4 Å². The predicted molar refractivity (Wildman–Crippen MR) is 99.7 cm³/mol. The number of phenolic OH excluding ortho intramolecular Hbond substituents is 1. The molecule has 0 saturated carbocycles. The summed E-state index contributed by atoms with van der Waals surface area (Å²) in [5.41, 5.74) is 1.09. The zero-order valence-corrected chi connectivity index (χ0v) is 15.5. The van der Waals surface area contributed by atoms with E-state index in [0.29, 0.717) is 5.56 Å². The molecule has 0 radical (unpaired) electrons. The number of amides is 2. The molecule has 0 aliphatic carbocycles. The molecule has 2 N–H and O–H groups in total. The third kappa shape index (κ3) is 4.28. The molecule has 2 aromatic carbocycles. The Bertz CT molecular complexity index is 942. The number of aromatic hydroxyl groups is 1. The van der Waals surface area contributed by atoms with Gasteiger partial charge in [0.2, 0.25) is 5.91 Å².